The first kappa shape index (κ1) is 27.7. The van der Waals surface area contributed by atoms with Gasteiger partial charge in [0.05, 0.1) is 23.8 Å². The van der Waals surface area contributed by atoms with Crippen molar-refractivity contribution in [3.05, 3.63) is 52.6 Å². The number of nitro benzene ring substituents is 1. The summed E-state index contributed by atoms with van der Waals surface area (Å²) in [7, 11) is -3.72. The second kappa shape index (κ2) is 11.5. The number of benzene rings is 2. The molecule has 2 aromatic carbocycles. The molecule has 0 saturated carbocycles. The fourth-order valence-corrected chi connectivity index (χ4v) is 3.30. The van der Waals surface area contributed by atoms with Crippen LogP contribution in [0.1, 0.15) is 0 Å². The predicted molar refractivity (Wildman–Crippen MR) is 115 cm³/mol. The summed E-state index contributed by atoms with van der Waals surface area (Å²) < 4.78 is 37.8. The van der Waals surface area contributed by atoms with Gasteiger partial charge in [0.15, 0.2) is 16.8 Å². The van der Waals surface area contributed by atoms with Gasteiger partial charge in [-0.3, -0.25) is 24.5 Å². The third-order valence-electron chi connectivity index (χ3n) is 3.93. The molecule has 0 bridgehead atoms. The number of amides is 1. The Bertz CT molecular complexity index is 1060. The molecule has 1 fully saturated rings. The predicted octanol–water partition coefficient (Wildman–Crippen LogP) is -1.15. The van der Waals surface area contributed by atoms with E-state index in [2.05, 4.69) is 21.8 Å². The van der Waals surface area contributed by atoms with E-state index in [4.69, 9.17) is 4.74 Å². The van der Waals surface area contributed by atoms with Crippen molar-refractivity contribution in [1.29, 1.82) is 0 Å². The van der Waals surface area contributed by atoms with Crippen LogP contribution in [0, 0.1) is 10.1 Å². The zero-order valence-electron chi connectivity index (χ0n) is 14.8. The summed E-state index contributed by atoms with van der Waals surface area (Å²) in [5.41, 5.74) is 7.28. The number of carbonyl (C=O) groups is 1. The standard InChI is InChI=1S/C15H16N6O7S.2Na.2H/c1-28-12-7-11(21(23)24)13(29(25,26)27)8-10(12)20-14(17-18-19-20)15(22)16-9-5-3-2-4-6-9;;;;/h2-8,14,17-19H,1H3,(H,16,22)(H,25,26,27);;;;. The van der Waals surface area contributed by atoms with E-state index < -0.39 is 37.7 Å². The SMILES string of the molecule is COc1cc([N+](=O)[O-])c(S(=O)(=O)O)cc1N1NNNC1C(=O)Nc1ccccc1.[NaH].[NaH]. The Morgan fingerprint density at radius 1 is 1.26 bits per heavy atom. The molecule has 16 heteroatoms. The van der Waals surface area contributed by atoms with Crippen LogP contribution in [-0.2, 0) is 14.9 Å². The number of nitro groups is 1. The number of rotatable bonds is 6. The summed E-state index contributed by atoms with van der Waals surface area (Å²) >= 11 is 0. The summed E-state index contributed by atoms with van der Waals surface area (Å²) in [6, 6.07) is 10.2. The zero-order chi connectivity index (χ0) is 21.2. The molecule has 0 aromatic heterocycles. The summed E-state index contributed by atoms with van der Waals surface area (Å²) in [6.45, 7) is 0. The van der Waals surface area contributed by atoms with Crippen LogP contribution in [0.3, 0.4) is 0 Å². The molecular formula is C15H18N6Na2O7S. The average Bonchev–Trinajstić information content (AvgIpc) is 3.16. The van der Waals surface area contributed by atoms with E-state index in [-0.39, 0.29) is 70.6 Å². The molecule has 1 aliphatic heterocycles. The second-order valence-electron chi connectivity index (χ2n) is 5.73. The van der Waals surface area contributed by atoms with Crippen LogP contribution in [0.5, 0.6) is 5.75 Å². The fourth-order valence-electron chi connectivity index (χ4n) is 2.64. The first-order valence-electron chi connectivity index (χ1n) is 7.97. The van der Waals surface area contributed by atoms with Crippen LogP contribution >= 0.6 is 0 Å². The van der Waals surface area contributed by atoms with Gasteiger partial charge in [-0.25, -0.2) is 5.43 Å². The number of para-hydroxylation sites is 1. The van der Waals surface area contributed by atoms with Gasteiger partial charge in [-0.2, -0.15) is 19.5 Å². The molecule has 3 rings (SSSR count). The van der Waals surface area contributed by atoms with Crippen LogP contribution in [0.4, 0.5) is 17.1 Å². The van der Waals surface area contributed by atoms with Gasteiger partial charge < -0.3 is 10.1 Å². The van der Waals surface area contributed by atoms with Gasteiger partial charge in [0.25, 0.3) is 11.6 Å². The summed E-state index contributed by atoms with van der Waals surface area (Å²) in [5.74, 6) is -0.651. The van der Waals surface area contributed by atoms with Crippen molar-refractivity contribution < 1.29 is 27.4 Å². The molecule has 2 aromatic rings. The zero-order valence-corrected chi connectivity index (χ0v) is 15.6. The van der Waals surface area contributed by atoms with E-state index in [1.807, 2.05) is 0 Å². The summed E-state index contributed by atoms with van der Waals surface area (Å²) in [4.78, 5) is 21.9. The van der Waals surface area contributed by atoms with Crippen molar-refractivity contribution in [1.82, 2.24) is 16.5 Å². The fraction of sp³-hybridized carbons (Fsp3) is 0.133. The molecule has 1 aliphatic rings. The van der Waals surface area contributed by atoms with Crippen molar-refractivity contribution in [3.63, 3.8) is 0 Å². The normalized spacial score (nSPS) is 15.4. The van der Waals surface area contributed by atoms with Gasteiger partial charge in [-0.1, -0.05) is 18.2 Å². The van der Waals surface area contributed by atoms with E-state index in [9.17, 15) is 27.9 Å². The molecule has 0 spiro atoms. The molecule has 5 N–H and O–H groups in total. The van der Waals surface area contributed by atoms with Gasteiger partial charge in [-0.05, 0) is 18.2 Å². The molecule has 1 saturated heterocycles. The molecule has 0 radical (unpaired) electrons. The monoisotopic (exact) mass is 472 g/mol. The van der Waals surface area contributed by atoms with Crippen LogP contribution in [-0.4, -0.2) is 96.2 Å². The molecule has 1 heterocycles. The third-order valence-corrected chi connectivity index (χ3v) is 4.81. The van der Waals surface area contributed by atoms with E-state index in [0.717, 1.165) is 17.1 Å². The van der Waals surface area contributed by atoms with E-state index >= 15 is 0 Å². The van der Waals surface area contributed by atoms with Gasteiger partial charge in [0, 0.05) is 5.69 Å². The van der Waals surface area contributed by atoms with E-state index in [1.54, 1.807) is 30.3 Å². The number of nitrogens with one attached hydrogen (secondary N) is 4. The Hall–Kier alpha value is -1.30. The maximum absolute atomic E-state index is 12.6. The molecular weight excluding hydrogens is 454 g/mol. The number of hydrogen-bond donors (Lipinski definition) is 5. The first-order valence-corrected chi connectivity index (χ1v) is 9.41. The van der Waals surface area contributed by atoms with Gasteiger partial charge in [-0.15, -0.1) is 0 Å². The molecule has 0 aliphatic carbocycles. The number of hydrogen-bond acceptors (Lipinski definition) is 10. The average molecular weight is 472 g/mol. The Morgan fingerprint density at radius 2 is 1.90 bits per heavy atom. The quantitative estimate of drug-likeness (QED) is 0.149. The molecule has 1 amide bonds. The Kier molecular flexibility index (Phi) is 10.3. The number of anilines is 2. The topological polar surface area (TPSA) is 175 Å². The Morgan fingerprint density at radius 3 is 2.45 bits per heavy atom. The number of methoxy groups -OCH3 is 1. The molecule has 158 valence electrons. The van der Waals surface area contributed by atoms with Crippen LogP contribution in [0.2, 0.25) is 0 Å². The first-order chi connectivity index (χ1) is 13.7. The number of ether oxygens (including phenoxy) is 1. The van der Waals surface area contributed by atoms with Crippen molar-refractivity contribution in [2.45, 2.75) is 11.1 Å². The van der Waals surface area contributed by atoms with Gasteiger partial charge in [0.2, 0.25) is 0 Å². The van der Waals surface area contributed by atoms with Crippen molar-refractivity contribution in [2.75, 3.05) is 17.4 Å². The number of nitrogens with zero attached hydrogens (tertiary/aromatic N) is 2. The summed E-state index contributed by atoms with van der Waals surface area (Å²) in [6.07, 6.45) is -1.11. The van der Waals surface area contributed by atoms with Gasteiger partial charge >= 0.3 is 69.2 Å². The van der Waals surface area contributed by atoms with Crippen LogP contribution in [0.25, 0.3) is 0 Å². The molecule has 1 unspecified atom stereocenters. The Labute approximate surface area is 221 Å². The van der Waals surface area contributed by atoms with Crippen molar-refractivity contribution in [3.8, 4) is 5.75 Å². The summed E-state index contributed by atoms with van der Waals surface area (Å²) in [5, 5.41) is 15.0. The molecule has 31 heavy (non-hydrogen) atoms. The number of carbonyl (C=O) groups excluding carboxylic acids is 1. The van der Waals surface area contributed by atoms with E-state index in [0.29, 0.717) is 5.69 Å². The van der Waals surface area contributed by atoms with E-state index in [1.165, 1.54) is 7.11 Å². The van der Waals surface area contributed by atoms with Crippen molar-refractivity contribution >= 4 is 92.2 Å². The Balaban J connectivity index is 0.00000240. The molecule has 13 nitrogen and oxygen atoms in total. The maximum atomic E-state index is 12.6. The van der Waals surface area contributed by atoms with Crippen LogP contribution in [0.15, 0.2) is 47.4 Å². The second-order valence-corrected chi connectivity index (χ2v) is 7.12. The van der Waals surface area contributed by atoms with Crippen molar-refractivity contribution in [2.24, 2.45) is 0 Å². The molecule has 1 atom stereocenters. The van der Waals surface area contributed by atoms with Gasteiger partial charge in [0.1, 0.15) is 0 Å². The third kappa shape index (κ3) is 6.36. The number of hydrazine groups is 3. The minimum atomic E-state index is -4.93. The minimum absolute atomic E-state index is 0. The van der Waals surface area contributed by atoms with Crippen LogP contribution < -0.4 is 31.6 Å².